The van der Waals surface area contributed by atoms with E-state index in [0.29, 0.717) is 19.0 Å². The number of unbranched alkanes of at least 4 members (excludes halogenated alkanes) is 1. The number of hydrogen-bond acceptors (Lipinski definition) is 8. The second-order valence-corrected chi connectivity index (χ2v) is 6.13. The van der Waals surface area contributed by atoms with Crippen molar-refractivity contribution in [2.24, 2.45) is 0 Å². The molecule has 1 fully saturated rings. The standard InChI is InChI=1S/C17H23N3O6/c1-3-4-5-14-13(11(2)25-19-14)10-23-15-8-16(26-20-15)24-17(21)18-12-6-7-22-9-12/h8,12H,3-7,9-10H2,1-2H3,(H,18,21)/t12-/m0/s1. The molecule has 0 saturated carbocycles. The Bertz CT molecular complexity index is 720. The first kappa shape index (κ1) is 18.2. The van der Waals surface area contributed by atoms with Crippen molar-refractivity contribution in [3.8, 4) is 11.8 Å². The molecule has 0 radical (unpaired) electrons. The van der Waals surface area contributed by atoms with Gasteiger partial charge in [-0.05, 0) is 31.3 Å². The molecule has 0 unspecified atom stereocenters. The van der Waals surface area contributed by atoms with Gasteiger partial charge in [0.25, 0.3) is 5.88 Å². The lowest BCUT2D eigenvalue weighted by Crippen LogP contribution is -2.36. The second-order valence-electron chi connectivity index (χ2n) is 6.13. The van der Waals surface area contributed by atoms with Crippen LogP contribution in [0.3, 0.4) is 0 Å². The van der Waals surface area contributed by atoms with Crippen molar-refractivity contribution >= 4 is 6.09 Å². The summed E-state index contributed by atoms with van der Waals surface area (Å²) in [6, 6.07) is 1.37. The molecule has 0 bridgehead atoms. The molecule has 1 atom stereocenters. The molecule has 0 spiro atoms. The SMILES string of the molecule is CCCCc1noc(C)c1COc1cc(OC(=O)N[C@H]2CCOC2)on1. The fraction of sp³-hybridized carbons (Fsp3) is 0.588. The number of hydrogen-bond donors (Lipinski definition) is 1. The fourth-order valence-electron chi connectivity index (χ4n) is 2.60. The highest BCUT2D eigenvalue weighted by Gasteiger charge is 2.20. The number of amides is 1. The van der Waals surface area contributed by atoms with E-state index in [2.05, 4.69) is 22.6 Å². The van der Waals surface area contributed by atoms with E-state index in [0.717, 1.165) is 36.9 Å². The summed E-state index contributed by atoms with van der Waals surface area (Å²) in [5, 5.41) is 10.5. The van der Waals surface area contributed by atoms with Gasteiger partial charge in [0, 0.05) is 6.61 Å². The summed E-state index contributed by atoms with van der Waals surface area (Å²) in [6.45, 7) is 5.34. The molecule has 2 aromatic heterocycles. The molecule has 2 aromatic rings. The molecule has 3 rings (SSSR count). The molecule has 1 aliphatic heterocycles. The van der Waals surface area contributed by atoms with Gasteiger partial charge in [0.1, 0.15) is 12.4 Å². The van der Waals surface area contributed by atoms with Crippen molar-refractivity contribution in [1.29, 1.82) is 0 Å². The first-order valence-electron chi connectivity index (χ1n) is 8.75. The minimum atomic E-state index is -0.611. The normalized spacial score (nSPS) is 16.6. The van der Waals surface area contributed by atoms with Crippen LogP contribution in [0.4, 0.5) is 4.79 Å². The highest BCUT2D eigenvalue weighted by molar-refractivity contribution is 5.70. The molecule has 9 nitrogen and oxygen atoms in total. The van der Waals surface area contributed by atoms with Gasteiger partial charge in [0.05, 0.1) is 30.0 Å². The maximum Gasteiger partial charge on any atom is 0.415 e. The summed E-state index contributed by atoms with van der Waals surface area (Å²) in [4.78, 5) is 11.8. The Hall–Kier alpha value is -2.55. The Kier molecular flexibility index (Phi) is 6.11. The minimum absolute atomic E-state index is 0.0373. The van der Waals surface area contributed by atoms with Gasteiger partial charge in [0.2, 0.25) is 0 Å². The molecular formula is C17H23N3O6. The van der Waals surface area contributed by atoms with Crippen molar-refractivity contribution in [2.45, 2.75) is 52.2 Å². The van der Waals surface area contributed by atoms with Crippen LogP contribution in [0.25, 0.3) is 0 Å². The number of nitrogens with one attached hydrogen (secondary N) is 1. The van der Waals surface area contributed by atoms with Crippen molar-refractivity contribution < 1.29 is 28.1 Å². The van der Waals surface area contributed by atoms with Crippen LogP contribution in [0, 0.1) is 6.92 Å². The Morgan fingerprint density at radius 1 is 1.38 bits per heavy atom. The average Bonchev–Trinajstić information content (AvgIpc) is 3.34. The van der Waals surface area contributed by atoms with E-state index >= 15 is 0 Å². The smallest absolute Gasteiger partial charge is 0.415 e. The van der Waals surface area contributed by atoms with Crippen molar-refractivity contribution in [3.63, 3.8) is 0 Å². The van der Waals surface area contributed by atoms with Gasteiger partial charge in [-0.15, -0.1) is 0 Å². The average molecular weight is 365 g/mol. The number of carbonyl (C=O) groups excluding carboxylic acids is 1. The first-order valence-corrected chi connectivity index (χ1v) is 8.75. The quantitative estimate of drug-likeness (QED) is 0.760. The van der Waals surface area contributed by atoms with Crippen LogP contribution in [0.5, 0.6) is 11.8 Å². The molecule has 0 aromatic carbocycles. The van der Waals surface area contributed by atoms with Gasteiger partial charge < -0.3 is 28.6 Å². The third kappa shape index (κ3) is 4.75. The van der Waals surface area contributed by atoms with Crippen molar-refractivity contribution in [2.75, 3.05) is 13.2 Å². The van der Waals surface area contributed by atoms with E-state index in [4.69, 9.17) is 23.3 Å². The Balaban J connectivity index is 1.50. The maximum absolute atomic E-state index is 11.8. The second kappa shape index (κ2) is 8.70. The van der Waals surface area contributed by atoms with Crippen LogP contribution >= 0.6 is 0 Å². The summed E-state index contributed by atoms with van der Waals surface area (Å²) >= 11 is 0. The zero-order valence-electron chi connectivity index (χ0n) is 14.9. The molecule has 1 amide bonds. The van der Waals surface area contributed by atoms with Crippen LogP contribution in [0.1, 0.15) is 43.2 Å². The summed E-state index contributed by atoms with van der Waals surface area (Å²) < 4.78 is 26.1. The highest BCUT2D eigenvalue weighted by atomic mass is 16.7. The molecule has 26 heavy (non-hydrogen) atoms. The molecule has 3 heterocycles. The molecule has 1 saturated heterocycles. The number of ether oxygens (including phenoxy) is 3. The zero-order valence-corrected chi connectivity index (χ0v) is 14.9. The fourth-order valence-corrected chi connectivity index (χ4v) is 2.60. The predicted octanol–water partition coefficient (Wildman–Crippen LogP) is 2.77. The van der Waals surface area contributed by atoms with Gasteiger partial charge in [0.15, 0.2) is 0 Å². The summed E-state index contributed by atoms with van der Waals surface area (Å²) in [7, 11) is 0. The highest BCUT2D eigenvalue weighted by Crippen LogP contribution is 2.22. The largest absolute Gasteiger partial charge is 0.470 e. The summed E-state index contributed by atoms with van der Waals surface area (Å²) in [6.07, 6.45) is 3.09. The molecule has 1 aliphatic rings. The van der Waals surface area contributed by atoms with E-state index in [1.807, 2.05) is 6.92 Å². The van der Waals surface area contributed by atoms with Crippen LogP contribution in [0.2, 0.25) is 0 Å². The van der Waals surface area contributed by atoms with E-state index in [-0.39, 0.29) is 24.5 Å². The van der Waals surface area contributed by atoms with Gasteiger partial charge in [-0.25, -0.2) is 4.79 Å². The molecule has 0 aliphatic carbocycles. The van der Waals surface area contributed by atoms with E-state index in [1.54, 1.807) is 0 Å². The van der Waals surface area contributed by atoms with Crippen LogP contribution in [0.15, 0.2) is 15.1 Å². The Morgan fingerprint density at radius 2 is 2.27 bits per heavy atom. The van der Waals surface area contributed by atoms with Gasteiger partial charge in [-0.1, -0.05) is 18.5 Å². The lowest BCUT2D eigenvalue weighted by molar-refractivity contribution is 0.166. The molecule has 1 N–H and O–H groups in total. The monoisotopic (exact) mass is 365 g/mol. The van der Waals surface area contributed by atoms with Crippen molar-refractivity contribution in [1.82, 2.24) is 15.6 Å². The van der Waals surface area contributed by atoms with Crippen molar-refractivity contribution in [3.05, 3.63) is 23.1 Å². The number of aromatic nitrogens is 2. The Morgan fingerprint density at radius 3 is 3.04 bits per heavy atom. The van der Waals surface area contributed by atoms with Gasteiger partial charge in [-0.3, -0.25) is 0 Å². The lowest BCUT2D eigenvalue weighted by atomic mass is 10.1. The number of carbonyl (C=O) groups is 1. The third-order valence-corrected chi connectivity index (χ3v) is 4.11. The number of rotatable bonds is 8. The topological polar surface area (TPSA) is 109 Å². The Labute approximate surface area is 150 Å². The first-order chi connectivity index (χ1) is 12.7. The molecular weight excluding hydrogens is 342 g/mol. The number of aryl methyl sites for hydroxylation is 2. The van der Waals surface area contributed by atoms with Crippen LogP contribution < -0.4 is 14.8 Å². The molecule has 9 heteroatoms. The van der Waals surface area contributed by atoms with Crippen LogP contribution in [-0.4, -0.2) is 35.7 Å². The predicted molar refractivity (Wildman–Crippen MR) is 89.1 cm³/mol. The minimum Gasteiger partial charge on any atom is -0.470 e. The maximum atomic E-state index is 11.8. The third-order valence-electron chi connectivity index (χ3n) is 4.11. The zero-order chi connectivity index (χ0) is 18.4. The van der Waals surface area contributed by atoms with Gasteiger partial charge in [-0.2, -0.15) is 0 Å². The van der Waals surface area contributed by atoms with E-state index in [9.17, 15) is 4.79 Å². The summed E-state index contributed by atoms with van der Waals surface area (Å²) in [5.74, 6) is 0.901. The van der Waals surface area contributed by atoms with E-state index in [1.165, 1.54) is 6.07 Å². The van der Waals surface area contributed by atoms with Gasteiger partial charge >= 0.3 is 12.0 Å². The summed E-state index contributed by atoms with van der Waals surface area (Å²) in [5.41, 5.74) is 1.80. The van der Waals surface area contributed by atoms with E-state index < -0.39 is 6.09 Å². The number of nitrogens with zero attached hydrogens (tertiary/aromatic N) is 2. The van der Waals surface area contributed by atoms with Crippen LogP contribution in [-0.2, 0) is 17.8 Å². The molecule has 142 valence electrons. The lowest BCUT2D eigenvalue weighted by Gasteiger charge is -2.08.